The van der Waals surface area contributed by atoms with Gasteiger partial charge in [-0.2, -0.15) is 11.8 Å². The van der Waals surface area contributed by atoms with E-state index in [9.17, 15) is 0 Å². The van der Waals surface area contributed by atoms with E-state index in [1.54, 1.807) is 0 Å². The SMILES string of the molecule is CC1(Oc2ccc3c(c2)CCNC3)CCSCC1. The van der Waals surface area contributed by atoms with Crippen LogP contribution in [0.3, 0.4) is 0 Å². The van der Waals surface area contributed by atoms with Gasteiger partial charge in [-0.3, -0.25) is 0 Å². The highest BCUT2D eigenvalue weighted by Gasteiger charge is 2.29. The summed E-state index contributed by atoms with van der Waals surface area (Å²) in [6.45, 7) is 4.35. The van der Waals surface area contributed by atoms with Gasteiger partial charge in [-0.1, -0.05) is 6.07 Å². The van der Waals surface area contributed by atoms with E-state index in [-0.39, 0.29) is 5.60 Å². The number of hydrogen-bond acceptors (Lipinski definition) is 3. The van der Waals surface area contributed by atoms with Crippen LogP contribution in [0.25, 0.3) is 0 Å². The second-order valence-corrected chi connectivity index (χ2v) is 6.75. The Balaban J connectivity index is 1.76. The average molecular weight is 263 g/mol. The van der Waals surface area contributed by atoms with Crippen LogP contribution >= 0.6 is 11.8 Å². The highest BCUT2D eigenvalue weighted by molar-refractivity contribution is 7.99. The van der Waals surface area contributed by atoms with Crippen molar-refractivity contribution in [2.24, 2.45) is 0 Å². The zero-order chi connectivity index (χ0) is 12.4. The summed E-state index contributed by atoms with van der Waals surface area (Å²) >= 11 is 2.04. The molecule has 3 heteroatoms. The smallest absolute Gasteiger partial charge is 0.120 e. The molecule has 3 rings (SSSR count). The third kappa shape index (κ3) is 2.67. The molecular formula is C15H21NOS. The molecule has 0 aliphatic carbocycles. The summed E-state index contributed by atoms with van der Waals surface area (Å²) < 4.78 is 6.28. The van der Waals surface area contributed by atoms with Crippen molar-refractivity contribution < 1.29 is 4.74 Å². The molecule has 0 atom stereocenters. The lowest BCUT2D eigenvalue weighted by molar-refractivity contribution is 0.0798. The Bertz CT molecular complexity index is 427. The van der Waals surface area contributed by atoms with E-state index in [0.717, 1.165) is 38.1 Å². The third-order valence-electron chi connectivity index (χ3n) is 3.98. The summed E-state index contributed by atoms with van der Waals surface area (Å²) in [4.78, 5) is 0. The van der Waals surface area contributed by atoms with Gasteiger partial charge < -0.3 is 10.1 Å². The minimum Gasteiger partial charge on any atom is -0.488 e. The molecule has 1 aromatic rings. The molecule has 0 unspecified atom stereocenters. The summed E-state index contributed by atoms with van der Waals surface area (Å²) in [6.07, 6.45) is 3.45. The zero-order valence-corrected chi connectivity index (χ0v) is 11.8. The lowest BCUT2D eigenvalue weighted by atomic mass is 9.98. The van der Waals surface area contributed by atoms with E-state index in [0.29, 0.717) is 0 Å². The van der Waals surface area contributed by atoms with Crippen molar-refractivity contribution in [3.05, 3.63) is 29.3 Å². The van der Waals surface area contributed by atoms with E-state index in [4.69, 9.17) is 4.74 Å². The molecular weight excluding hydrogens is 242 g/mol. The van der Waals surface area contributed by atoms with Crippen LogP contribution in [0.4, 0.5) is 0 Å². The van der Waals surface area contributed by atoms with Crippen LogP contribution in [0, 0.1) is 0 Å². The van der Waals surface area contributed by atoms with E-state index in [1.165, 1.54) is 22.6 Å². The Morgan fingerprint density at radius 3 is 2.89 bits per heavy atom. The van der Waals surface area contributed by atoms with Crippen molar-refractivity contribution in [1.82, 2.24) is 5.32 Å². The fraction of sp³-hybridized carbons (Fsp3) is 0.600. The Hall–Kier alpha value is -0.670. The third-order valence-corrected chi connectivity index (χ3v) is 4.96. The van der Waals surface area contributed by atoms with Gasteiger partial charge in [0.2, 0.25) is 0 Å². The highest BCUT2D eigenvalue weighted by atomic mass is 32.2. The van der Waals surface area contributed by atoms with Gasteiger partial charge in [0.15, 0.2) is 0 Å². The van der Waals surface area contributed by atoms with Gasteiger partial charge in [0.1, 0.15) is 11.4 Å². The van der Waals surface area contributed by atoms with Crippen LogP contribution < -0.4 is 10.1 Å². The Kier molecular flexibility index (Phi) is 3.53. The molecule has 0 radical (unpaired) electrons. The molecule has 0 saturated carbocycles. The number of nitrogens with one attached hydrogen (secondary N) is 1. The standard InChI is InChI=1S/C15H21NOS/c1-15(5-8-18-9-6-15)17-14-3-2-13-11-16-7-4-12(13)10-14/h2-3,10,16H,4-9,11H2,1H3. The number of fused-ring (bicyclic) bond motifs is 1. The topological polar surface area (TPSA) is 21.3 Å². The Morgan fingerprint density at radius 2 is 2.06 bits per heavy atom. The van der Waals surface area contributed by atoms with Gasteiger partial charge >= 0.3 is 0 Å². The van der Waals surface area contributed by atoms with Crippen LogP contribution in [0.5, 0.6) is 5.75 Å². The van der Waals surface area contributed by atoms with Crippen molar-refractivity contribution in [3.8, 4) is 5.75 Å². The Morgan fingerprint density at radius 1 is 1.22 bits per heavy atom. The van der Waals surface area contributed by atoms with Gasteiger partial charge in [-0.05, 0) is 67.5 Å². The molecule has 2 aliphatic rings. The van der Waals surface area contributed by atoms with Gasteiger partial charge in [0.25, 0.3) is 0 Å². The van der Waals surface area contributed by atoms with Gasteiger partial charge in [0.05, 0.1) is 0 Å². The van der Waals surface area contributed by atoms with Crippen molar-refractivity contribution in [2.75, 3.05) is 18.1 Å². The van der Waals surface area contributed by atoms with E-state index >= 15 is 0 Å². The first-order valence-electron chi connectivity index (χ1n) is 6.84. The zero-order valence-electron chi connectivity index (χ0n) is 11.0. The van der Waals surface area contributed by atoms with Crippen molar-refractivity contribution in [1.29, 1.82) is 0 Å². The predicted molar refractivity (Wildman–Crippen MR) is 77.4 cm³/mol. The molecule has 2 aliphatic heterocycles. The number of ether oxygens (including phenoxy) is 1. The van der Waals surface area contributed by atoms with Gasteiger partial charge in [0, 0.05) is 6.54 Å². The summed E-state index contributed by atoms with van der Waals surface area (Å²) in [7, 11) is 0. The molecule has 1 fully saturated rings. The second-order valence-electron chi connectivity index (χ2n) is 5.52. The van der Waals surface area contributed by atoms with E-state index in [2.05, 4.69) is 30.4 Å². The first-order chi connectivity index (χ1) is 8.75. The Labute approximate surface area is 113 Å². The maximum absolute atomic E-state index is 6.28. The van der Waals surface area contributed by atoms with Crippen molar-refractivity contribution >= 4 is 11.8 Å². The average Bonchev–Trinajstić information content (AvgIpc) is 2.39. The predicted octanol–water partition coefficient (Wildman–Crippen LogP) is 3.00. The minimum absolute atomic E-state index is 0.0480. The second kappa shape index (κ2) is 5.14. The largest absolute Gasteiger partial charge is 0.488 e. The minimum atomic E-state index is 0.0480. The summed E-state index contributed by atoms with van der Waals surface area (Å²) in [5.74, 6) is 3.52. The lowest BCUT2D eigenvalue weighted by Gasteiger charge is -2.34. The summed E-state index contributed by atoms with van der Waals surface area (Å²) in [5.41, 5.74) is 2.94. The molecule has 0 amide bonds. The maximum atomic E-state index is 6.28. The van der Waals surface area contributed by atoms with Crippen molar-refractivity contribution in [2.45, 2.75) is 38.3 Å². The molecule has 1 aromatic carbocycles. The number of rotatable bonds is 2. The highest BCUT2D eigenvalue weighted by Crippen LogP contribution is 2.32. The number of thioether (sulfide) groups is 1. The quantitative estimate of drug-likeness (QED) is 0.886. The lowest BCUT2D eigenvalue weighted by Crippen LogP contribution is -2.36. The molecule has 18 heavy (non-hydrogen) atoms. The molecule has 0 spiro atoms. The molecule has 2 nitrogen and oxygen atoms in total. The monoisotopic (exact) mass is 263 g/mol. The first kappa shape index (κ1) is 12.4. The van der Waals surface area contributed by atoms with Gasteiger partial charge in [-0.15, -0.1) is 0 Å². The fourth-order valence-electron chi connectivity index (χ4n) is 2.71. The molecule has 0 bridgehead atoms. The van der Waals surface area contributed by atoms with Gasteiger partial charge in [-0.25, -0.2) is 0 Å². The van der Waals surface area contributed by atoms with Crippen LogP contribution in [0.2, 0.25) is 0 Å². The molecule has 1 N–H and O–H groups in total. The first-order valence-corrected chi connectivity index (χ1v) is 8.00. The fourth-order valence-corrected chi connectivity index (χ4v) is 4.06. The van der Waals surface area contributed by atoms with Crippen LogP contribution in [-0.4, -0.2) is 23.7 Å². The van der Waals surface area contributed by atoms with E-state index in [1.807, 2.05) is 11.8 Å². The van der Waals surface area contributed by atoms with Crippen LogP contribution in [-0.2, 0) is 13.0 Å². The van der Waals surface area contributed by atoms with E-state index < -0.39 is 0 Å². The van der Waals surface area contributed by atoms with Crippen LogP contribution in [0.1, 0.15) is 30.9 Å². The normalized spacial score (nSPS) is 22.3. The molecule has 1 saturated heterocycles. The molecule has 98 valence electrons. The number of hydrogen-bond donors (Lipinski definition) is 1. The molecule has 0 aromatic heterocycles. The summed E-state index contributed by atoms with van der Waals surface area (Å²) in [6, 6.07) is 6.61. The maximum Gasteiger partial charge on any atom is 0.120 e. The number of benzene rings is 1. The van der Waals surface area contributed by atoms with Crippen molar-refractivity contribution in [3.63, 3.8) is 0 Å². The molecule has 2 heterocycles. The van der Waals surface area contributed by atoms with Crippen LogP contribution in [0.15, 0.2) is 18.2 Å². The summed E-state index contributed by atoms with van der Waals surface area (Å²) in [5, 5.41) is 3.41.